The largest absolute Gasteiger partial charge is 1.00 e. The number of rotatable bonds is 25. The van der Waals surface area contributed by atoms with Crippen molar-refractivity contribution in [2.45, 2.75) is 141 Å². The molecule has 0 aromatic carbocycles. The molecule has 0 aliphatic rings. The fourth-order valence-electron chi connectivity index (χ4n) is 4.19. The Labute approximate surface area is 242 Å². The van der Waals surface area contributed by atoms with Gasteiger partial charge in [0, 0.05) is 6.08 Å². The van der Waals surface area contributed by atoms with Gasteiger partial charge >= 0.3 is 35.5 Å². The molecule has 0 saturated carbocycles. The molecule has 7 nitrogen and oxygen atoms in total. The van der Waals surface area contributed by atoms with Crippen molar-refractivity contribution < 1.29 is 62.0 Å². The molecule has 36 heavy (non-hydrogen) atoms. The molecular formula is C27H49NaO7S. The summed E-state index contributed by atoms with van der Waals surface area (Å²) in [7, 11) is -4.06. The number of ether oxygens (including phenoxy) is 1. The molecule has 0 aliphatic carbocycles. The molecule has 0 aromatic rings. The van der Waals surface area contributed by atoms with E-state index in [-0.39, 0.29) is 36.0 Å². The Hall–Kier alpha value is -0.410. The SMILES string of the molecule is CCCCCCCCCCCCCCCCCCCC(CCCS(=O)(=O)O)OC(=O)/C=C\C(=O)[O-].[Na+]. The first-order chi connectivity index (χ1) is 16.7. The van der Waals surface area contributed by atoms with Gasteiger partial charge in [-0.3, -0.25) is 4.55 Å². The average molecular weight is 541 g/mol. The summed E-state index contributed by atoms with van der Waals surface area (Å²) in [5, 5.41) is 10.4. The first kappa shape index (κ1) is 37.7. The summed E-state index contributed by atoms with van der Waals surface area (Å²) < 4.78 is 35.9. The third-order valence-electron chi connectivity index (χ3n) is 6.20. The molecule has 0 fully saturated rings. The van der Waals surface area contributed by atoms with Gasteiger partial charge in [0.15, 0.2) is 0 Å². The Morgan fingerprint density at radius 1 is 0.722 bits per heavy atom. The van der Waals surface area contributed by atoms with Crippen LogP contribution in [0, 0.1) is 0 Å². The number of hydrogen-bond acceptors (Lipinski definition) is 6. The van der Waals surface area contributed by atoms with Crippen LogP contribution in [0.5, 0.6) is 0 Å². The van der Waals surface area contributed by atoms with E-state index >= 15 is 0 Å². The molecule has 0 spiro atoms. The number of esters is 1. The summed E-state index contributed by atoms with van der Waals surface area (Å²) in [5.41, 5.74) is 0. The summed E-state index contributed by atoms with van der Waals surface area (Å²) in [6.07, 6.45) is 23.6. The molecule has 1 N–H and O–H groups in total. The van der Waals surface area contributed by atoms with Gasteiger partial charge in [0.2, 0.25) is 0 Å². The maximum Gasteiger partial charge on any atom is 1.00 e. The Morgan fingerprint density at radius 3 is 1.50 bits per heavy atom. The minimum atomic E-state index is -4.06. The Kier molecular flexibility index (Phi) is 27.5. The molecule has 1 unspecified atom stereocenters. The third-order valence-corrected chi connectivity index (χ3v) is 7.00. The fourth-order valence-corrected chi connectivity index (χ4v) is 4.72. The molecule has 0 heterocycles. The van der Waals surface area contributed by atoms with Crippen LogP contribution in [0.15, 0.2) is 12.2 Å². The van der Waals surface area contributed by atoms with E-state index in [1.165, 1.54) is 89.9 Å². The normalized spacial score (nSPS) is 12.4. The van der Waals surface area contributed by atoms with Crippen molar-refractivity contribution in [1.29, 1.82) is 0 Å². The number of unbranched alkanes of at least 4 members (excludes halogenated alkanes) is 16. The molecule has 0 radical (unpaired) electrons. The van der Waals surface area contributed by atoms with E-state index in [9.17, 15) is 23.1 Å². The molecule has 206 valence electrons. The third kappa shape index (κ3) is 29.8. The molecular weight excluding hydrogens is 491 g/mol. The van der Waals surface area contributed by atoms with Gasteiger partial charge < -0.3 is 14.6 Å². The van der Waals surface area contributed by atoms with Gasteiger partial charge in [-0.25, -0.2) is 4.79 Å². The second-order valence-electron chi connectivity index (χ2n) is 9.59. The van der Waals surface area contributed by atoms with Gasteiger partial charge in [0.25, 0.3) is 10.1 Å². The van der Waals surface area contributed by atoms with E-state index < -0.39 is 33.9 Å². The van der Waals surface area contributed by atoms with Crippen LogP contribution in [0.1, 0.15) is 135 Å². The summed E-state index contributed by atoms with van der Waals surface area (Å²) in [6, 6.07) is 0. The summed E-state index contributed by atoms with van der Waals surface area (Å²) >= 11 is 0. The molecule has 0 amide bonds. The van der Waals surface area contributed by atoms with E-state index in [2.05, 4.69) is 6.92 Å². The minimum absolute atomic E-state index is 0. The van der Waals surface area contributed by atoms with Gasteiger partial charge in [-0.15, -0.1) is 0 Å². The number of hydrogen-bond donors (Lipinski definition) is 1. The molecule has 0 aromatic heterocycles. The van der Waals surface area contributed by atoms with Gasteiger partial charge in [-0.05, 0) is 31.8 Å². The van der Waals surface area contributed by atoms with Crippen LogP contribution >= 0.6 is 0 Å². The van der Waals surface area contributed by atoms with E-state index in [0.29, 0.717) is 18.9 Å². The summed E-state index contributed by atoms with van der Waals surface area (Å²) in [6.45, 7) is 2.25. The fraction of sp³-hybridized carbons (Fsp3) is 0.852. The average Bonchev–Trinajstić information content (AvgIpc) is 2.78. The molecule has 0 rings (SSSR count). The molecule has 0 saturated heterocycles. The van der Waals surface area contributed by atoms with Crippen LogP contribution < -0.4 is 34.7 Å². The monoisotopic (exact) mass is 540 g/mol. The number of carbonyl (C=O) groups is 2. The van der Waals surface area contributed by atoms with Crippen LogP contribution in [-0.2, 0) is 24.4 Å². The van der Waals surface area contributed by atoms with Gasteiger partial charge in [0.05, 0.1) is 11.7 Å². The zero-order valence-electron chi connectivity index (χ0n) is 22.9. The zero-order valence-corrected chi connectivity index (χ0v) is 25.7. The zero-order chi connectivity index (χ0) is 26.2. The maximum atomic E-state index is 11.7. The summed E-state index contributed by atoms with van der Waals surface area (Å²) in [4.78, 5) is 22.2. The summed E-state index contributed by atoms with van der Waals surface area (Å²) in [5.74, 6) is -2.68. The van der Waals surface area contributed by atoms with Crippen LogP contribution in [0.4, 0.5) is 0 Å². The van der Waals surface area contributed by atoms with Gasteiger partial charge in [0.1, 0.15) is 6.10 Å². The van der Waals surface area contributed by atoms with Crippen molar-refractivity contribution in [2.75, 3.05) is 5.75 Å². The first-order valence-corrected chi connectivity index (χ1v) is 15.4. The molecule has 0 bridgehead atoms. The Morgan fingerprint density at radius 2 is 1.11 bits per heavy atom. The molecule has 0 aliphatic heterocycles. The van der Waals surface area contributed by atoms with Crippen molar-refractivity contribution in [3.63, 3.8) is 0 Å². The smallest absolute Gasteiger partial charge is 0.545 e. The molecule has 1 atom stereocenters. The van der Waals surface area contributed by atoms with Crippen LogP contribution in [0.2, 0.25) is 0 Å². The van der Waals surface area contributed by atoms with Gasteiger partial charge in [-0.1, -0.05) is 110 Å². The maximum absolute atomic E-state index is 11.7. The van der Waals surface area contributed by atoms with Gasteiger partial charge in [-0.2, -0.15) is 8.42 Å². The van der Waals surface area contributed by atoms with Crippen molar-refractivity contribution >= 4 is 22.1 Å². The van der Waals surface area contributed by atoms with Crippen LogP contribution in [0.25, 0.3) is 0 Å². The topological polar surface area (TPSA) is 121 Å². The molecule has 9 heteroatoms. The van der Waals surface area contributed by atoms with Crippen molar-refractivity contribution in [3.8, 4) is 0 Å². The van der Waals surface area contributed by atoms with Crippen LogP contribution in [0.3, 0.4) is 0 Å². The van der Waals surface area contributed by atoms with E-state index in [0.717, 1.165) is 25.3 Å². The predicted molar refractivity (Wildman–Crippen MR) is 138 cm³/mol. The number of carbonyl (C=O) groups excluding carboxylic acids is 2. The second kappa shape index (κ2) is 26.2. The van der Waals surface area contributed by atoms with Crippen LogP contribution in [-0.4, -0.2) is 36.8 Å². The number of aliphatic carboxylic acids is 1. The first-order valence-electron chi connectivity index (χ1n) is 13.8. The van der Waals surface area contributed by atoms with E-state index in [1.54, 1.807) is 0 Å². The second-order valence-corrected chi connectivity index (χ2v) is 11.2. The minimum Gasteiger partial charge on any atom is -0.545 e. The Balaban J connectivity index is 0. The van der Waals surface area contributed by atoms with Crippen molar-refractivity contribution in [1.82, 2.24) is 0 Å². The van der Waals surface area contributed by atoms with Crippen molar-refractivity contribution in [2.24, 2.45) is 0 Å². The van der Waals surface area contributed by atoms with Crippen molar-refractivity contribution in [3.05, 3.63) is 12.2 Å². The quantitative estimate of drug-likeness (QED) is 0.0621. The van der Waals surface area contributed by atoms with E-state index in [1.807, 2.05) is 0 Å². The van der Waals surface area contributed by atoms with E-state index in [4.69, 9.17) is 9.29 Å². The standard InChI is InChI=1S/C27H50O7S.Na/c1-2-3-4-5-6-7-8-9-10-11-12-13-14-15-16-17-18-20-25(21-19-24-35(31,32)33)34-27(30)23-22-26(28)29;/h22-23,25H,2-21,24H2,1H3,(H,28,29)(H,31,32,33);/q;+1/p-1/b23-22-;. The number of carboxylic acid groups (broad SMARTS) is 1. The Bertz CT molecular complexity index is 665. The number of carboxylic acids is 1. The predicted octanol–water partition coefficient (Wildman–Crippen LogP) is 2.92.